The summed E-state index contributed by atoms with van der Waals surface area (Å²) in [7, 11) is 1.60. The third-order valence-corrected chi connectivity index (χ3v) is 3.60. The van der Waals surface area contributed by atoms with Gasteiger partial charge in [-0.1, -0.05) is 24.3 Å². The van der Waals surface area contributed by atoms with Crippen molar-refractivity contribution in [2.45, 2.75) is 25.4 Å². The second-order valence-corrected chi connectivity index (χ2v) is 5.45. The Balaban J connectivity index is 0.00000288. The Morgan fingerprint density at radius 3 is 2.25 bits per heavy atom. The van der Waals surface area contributed by atoms with Crippen molar-refractivity contribution >= 4 is 18.3 Å². The van der Waals surface area contributed by atoms with E-state index in [1.54, 1.807) is 26.2 Å². The lowest BCUT2D eigenvalue weighted by Crippen LogP contribution is -2.40. The van der Waals surface area contributed by atoms with E-state index >= 15 is 0 Å². The number of carbonyl (C=O) groups is 1. The summed E-state index contributed by atoms with van der Waals surface area (Å²) in [6.07, 6.45) is 0.547. The van der Waals surface area contributed by atoms with Crippen LogP contribution in [0.4, 0.5) is 4.39 Å². The number of benzene rings is 2. The van der Waals surface area contributed by atoms with E-state index in [0.717, 1.165) is 16.9 Å². The Labute approximate surface area is 147 Å². The molecule has 0 aliphatic rings. The molecular formula is C18H22ClFN2O2. The number of hydrogen-bond acceptors (Lipinski definition) is 3. The van der Waals surface area contributed by atoms with Crippen molar-refractivity contribution in [1.82, 2.24) is 5.32 Å². The number of ether oxygens (including phenoxy) is 1. The van der Waals surface area contributed by atoms with Gasteiger partial charge in [-0.2, -0.15) is 0 Å². The van der Waals surface area contributed by atoms with E-state index in [9.17, 15) is 9.18 Å². The average Bonchev–Trinajstić information content (AvgIpc) is 2.56. The standard InChI is InChI=1S/C18H21FN2O2.ClH/c1-12(20)18(22)21-17(11-13-3-7-15(19)8-4-13)14-5-9-16(23-2)10-6-14;/h3-10,12,17H,11,20H2,1-2H3,(H,21,22);1H/t12-,17?;/m0./s1. The molecule has 0 saturated heterocycles. The smallest absolute Gasteiger partial charge is 0.237 e. The summed E-state index contributed by atoms with van der Waals surface area (Å²) in [5.41, 5.74) is 7.50. The number of methoxy groups -OCH3 is 1. The highest BCUT2D eigenvalue weighted by Crippen LogP contribution is 2.21. The Morgan fingerprint density at radius 2 is 1.75 bits per heavy atom. The van der Waals surface area contributed by atoms with Crippen LogP contribution in [0.1, 0.15) is 24.1 Å². The number of rotatable bonds is 6. The molecule has 2 atom stereocenters. The van der Waals surface area contributed by atoms with Gasteiger partial charge in [-0.25, -0.2) is 4.39 Å². The Kier molecular flexibility index (Phi) is 7.68. The van der Waals surface area contributed by atoms with Crippen LogP contribution in [0, 0.1) is 5.82 Å². The molecular weight excluding hydrogens is 331 g/mol. The van der Waals surface area contributed by atoms with E-state index in [-0.39, 0.29) is 30.2 Å². The Hall–Kier alpha value is -2.11. The number of hydrogen-bond donors (Lipinski definition) is 2. The molecule has 6 heteroatoms. The van der Waals surface area contributed by atoms with Crippen LogP contribution in [-0.4, -0.2) is 19.1 Å². The van der Waals surface area contributed by atoms with Crippen molar-refractivity contribution in [1.29, 1.82) is 0 Å². The summed E-state index contributed by atoms with van der Waals surface area (Å²) in [6, 6.07) is 12.9. The fraction of sp³-hybridized carbons (Fsp3) is 0.278. The van der Waals surface area contributed by atoms with E-state index in [1.165, 1.54) is 12.1 Å². The van der Waals surface area contributed by atoms with Crippen LogP contribution in [0.5, 0.6) is 5.75 Å². The van der Waals surface area contributed by atoms with Gasteiger partial charge in [0.25, 0.3) is 0 Å². The minimum Gasteiger partial charge on any atom is -0.497 e. The zero-order valence-electron chi connectivity index (χ0n) is 13.7. The maximum Gasteiger partial charge on any atom is 0.237 e. The number of carbonyl (C=O) groups excluding carboxylic acids is 1. The molecule has 0 spiro atoms. The summed E-state index contributed by atoms with van der Waals surface area (Å²) in [4.78, 5) is 12.0. The molecule has 1 amide bonds. The first-order valence-electron chi connectivity index (χ1n) is 7.44. The van der Waals surface area contributed by atoms with Crippen molar-refractivity contribution in [3.63, 3.8) is 0 Å². The van der Waals surface area contributed by atoms with Crippen LogP contribution in [0.15, 0.2) is 48.5 Å². The molecule has 3 N–H and O–H groups in total. The maximum atomic E-state index is 13.0. The van der Waals surface area contributed by atoms with Crippen LogP contribution in [0.3, 0.4) is 0 Å². The molecule has 2 aromatic carbocycles. The average molecular weight is 353 g/mol. The third-order valence-electron chi connectivity index (χ3n) is 3.60. The van der Waals surface area contributed by atoms with Gasteiger partial charge in [-0.05, 0) is 48.7 Å². The van der Waals surface area contributed by atoms with Crippen LogP contribution < -0.4 is 15.8 Å². The van der Waals surface area contributed by atoms with Crippen LogP contribution in [0.25, 0.3) is 0 Å². The molecule has 24 heavy (non-hydrogen) atoms. The van der Waals surface area contributed by atoms with Gasteiger partial charge in [0.1, 0.15) is 11.6 Å². The second-order valence-electron chi connectivity index (χ2n) is 5.45. The molecule has 1 unspecified atom stereocenters. The van der Waals surface area contributed by atoms with E-state index in [1.807, 2.05) is 24.3 Å². The topological polar surface area (TPSA) is 64.3 Å². The van der Waals surface area contributed by atoms with E-state index in [4.69, 9.17) is 10.5 Å². The number of nitrogens with one attached hydrogen (secondary N) is 1. The third kappa shape index (κ3) is 5.51. The Bertz CT molecular complexity index is 645. The first-order valence-corrected chi connectivity index (χ1v) is 7.44. The van der Waals surface area contributed by atoms with Gasteiger partial charge in [0, 0.05) is 0 Å². The molecule has 2 rings (SSSR count). The zero-order valence-corrected chi connectivity index (χ0v) is 14.5. The highest BCUT2D eigenvalue weighted by molar-refractivity contribution is 5.85. The van der Waals surface area contributed by atoms with Gasteiger partial charge < -0.3 is 15.8 Å². The fourth-order valence-electron chi connectivity index (χ4n) is 2.25. The molecule has 0 aliphatic carbocycles. The largest absolute Gasteiger partial charge is 0.497 e. The van der Waals surface area contributed by atoms with Crippen LogP contribution in [0.2, 0.25) is 0 Å². The molecule has 0 aromatic heterocycles. The van der Waals surface area contributed by atoms with Gasteiger partial charge in [0.05, 0.1) is 19.2 Å². The summed E-state index contributed by atoms with van der Waals surface area (Å²) >= 11 is 0. The lowest BCUT2D eigenvalue weighted by Gasteiger charge is -2.21. The lowest BCUT2D eigenvalue weighted by atomic mass is 9.98. The first kappa shape index (κ1) is 19.9. The Morgan fingerprint density at radius 1 is 1.17 bits per heavy atom. The van der Waals surface area contributed by atoms with E-state index in [0.29, 0.717) is 6.42 Å². The lowest BCUT2D eigenvalue weighted by molar-refractivity contribution is -0.122. The molecule has 4 nitrogen and oxygen atoms in total. The normalized spacial score (nSPS) is 12.7. The number of nitrogens with two attached hydrogens (primary N) is 1. The quantitative estimate of drug-likeness (QED) is 0.840. The summed E-state index contributed by atoms with van der Waals surface area (Å²) in [5, 5.41) is 2.93. The van der Waals surface area contributed by atoms with Gasteiger partial charge in [0.2, 0.25) is 5.91 Å². The highest BCUT2D eigenvalue weighted by Gasteiger charge is 2.17. The molecule has 0 saturated carbocycles. The van der Waals surface area contributed by atoms with Gasteiger partial charge in [0.15, 0.2) is 0 Å². The van der Waals surface area contributed by atoms with Gasteiger partial charge in [-0.3, -0.25) is 4.79 Å². The minimum absolute atomic E-state index is 0. The van der Waals surface area contributed by atoms with Crippen molar-refractivity contribution in [3.8, 4) is 5.75 Å². The van der Waals surface area contributed by atoms with Crippen LogP contribution in [-0.2, 0) is 11.2 Å². The first-order chi connectivity index (χ1) is 11.0. The van der Waals surface area contributed by atoms with E-state index in [2.05, 4.69) is 5.32 Å². The SMILES string of the molecule is COc1ccc(C(Cc2ccc(F)cc2)NC(=O)[C@H](C)N)cc1.Cl. The van der Waals surface area contributed by atoms with Gasteiger partial charge in [-0.15, -0.1) is 12.4 Å². The second kappa shape index (κ2) is 9.25. The minimum atomic E-state index is -0.594. The molecule has 0 aliphatic heterocycles. The van der Waals surface area contributed by atoms with E-state index < -0.39 is 6.04 Å². The predicted molar refractivity (Wildman–Crippen MR) is 94.9 cm³/mol. The zero-order chi connectivity index (χ0) is 16.8. The van der Waals surface area contributed by atoms with Crippen molar-refractivity contribution in [3.05, 3.63) is 65.5 Å². The summed E-state index contributed by atoms with van der Waals surface area (Å²) in [5.74, 6) is 0.232. The monoisotopic (exact) mass is 352 g/mol. The number of amides is 1. The highest BCUT2D eigenvalue weighted by atomic mass is 35.5. The molecule has 130 valence electrons. The maximum absolute atomic E-state index is 13.0. The van der Waals surface area contributed by atoms with Crippen LogP contribution >= 0.6 is 12.4 Å². The van der Waals surface area contributed by atoms with Crippen molar-refractivity contribution < 1.29 is 13.9 Å². The molecule has 0 heterocycles. The summed E-state index contributed by atoms with van der Waals surface area (Å²) in [6.45, 7) is 1.64. The molecule has 0 bridgehead atoms. The molecule has 0 fully saturated rings. The molecule has 2 aromatic rings. The van der Waals surface area contributed by atoms with Crippen molar-refractivity contribution in [2.24, 2.45) is 5.73 Å². The van der Waals surface area contributed by atoms with Crippen molar-refractivity contribution in [2.75, 3.05) is 7.11 Å². The number of halogens is 2. The molecule has 0 radical (unpaired) electrons. The fourth-order valence-corrected chi connectivity index (χ4v) is 2.25. The summed E-state index contributed by atoms with van der Waals surface area (Å²) < 4.78 is 18.2. The predicted octanol–water partition coefficient (Wildman–Crippen LogP) is 3.00. The van der Waals surface area contributed by atoms with Gasteiger partial charge >= 0.3 is 0 Å².